The highest BCUT2D eigenvalue weighted by Gasteiger charge is 2.32. The Bertz CT molecular complexity index is 1550. The summed E-state index contributed by atoms with van der Waals surface area (Å²) in [6, 6.07) is 23.4. The van der Waals surface area contributed by atoms with E-state index in [0.717, 1.165) is 69.9 Å². The van der Waals surface area contributed by atoms with Crippen LogP contribution in [0.25, 0.3) is 22.0 Å². The second-order valence-corrected chi connectivity index (χ2v) is 11.0. The second-order valence-electron chi connectivity index (χ2n) is 11.0. The molecule has 6 heteroatoms. The zero-order chi connectivity index (χ0) is 27.3. The molecule has 3 heterocycles. The number of benzene rings is 3. The Morgan fingerprint density at radius 3 is 2.38 bits per heavy atom. The predicted octanol–water partition coefficient (Wildman–Crippen LogP) is 5.95. The minimum absolute atomic E-state index is 0.0323. The minimum atomic E-state index is 0.0323. The van der Waals surface area contributed by atoms with Gasteiger partial charge >= 0.3 is 0 Å². The average molecular weight is 521 g/mol. The highest BCUT2D eigenvalue weighted by molar-refractivity contribution is 6.16. The lowest BCUT2D eigenvalue weighted by atomic mass is 9.97. The Hall–Kier alpha value is -3.90. The molecule has 1 amide bonds. The van der Waals surface area contributed by atoms with Crippen LogP contribution < -0.4 is 14.5 Å². The van der Waals surface area contributed by atoms with Gasteiger partial charge in [-0.1, -0.05) is 36.4 Å². The standard InChI is InChI=1S/C33H36N4O2/c1-21-9-6-14-29(34-21)27-12-7-11-26-25(27)10-8-13-28(26)33(38)37-16-15-24-17-32(39-5)31(18-30(24)37)36-19-22(2)35(4)23(3)20-36/h6-14,17-18,22-23H,15-16,19-20H2,1-5H3/t22-,23+. The van der Waals surface area contributed by atoms with Crippen LogP contribution in [0.3, 0.4) is 0 Å². The monoisotopic (exact) mass is 520 g/mol. The number of hydrogen-bond acceptors (Lipinski definition) is 5. The van der Waals surface area contributed by atoms with E-state index < -0.39 is 0 Å². The Labute approximate surface area is 230 Å². The number of ether oxygens (including phenoxy) is 1. The molecule has 0 aliphatic carbocycles. The van der Waals surface area contributed by atoms with Gasteiger partial charge in [-0.15, -0.1) is 0 Å². The molecule has 0 bridgehead atoms. The zero-order valence-electron chi connectivity index (χ0n) is 23.4. The molecule has 3 aromatic carbocycles. The van der Waals surface area contributed by atoms with Crippen molar-refractivity contribution in [1.29, 1.82) is 0 Å². The molecule has 2 atom stereocenters. The van der Waals surface area contributed by atoms with Crippen molar-refractivity contribution in [3.05, 3.63) is 83.6 Å². The first-order valence-electron chi connectivity index (χ1n) is 13.8. The number of nitrogens with zero attached hydrogens (tertiary/aromatic N) is 4. The first-order valence-corrected chi connectivity index (χ1v) is 13.8. The van der Waals surface area contributed by atoms with Gasteiger partial charge in [-0.2, -0.15) is 0 Å². The van der Waals surface area contributed by atoms with Crippen LogP contribution in [0.5, 0.6) is 5.75 Å². The Morgan fingerprint density at radius 2 is 1.64 bits per heavy atom. The molecule has 0 spiro atoms. The SMILES string of the molecule is COc1cc2c(cc1N1C[C@@H](C)N(C)[C@@H](C)C1)N(C(=O)c1cccc3c(-c4cccc(C)n4)cccc13)CC2. The van der Waals surface area contributed by atoms with Gasteiger partial charge < -0.3 is 14.5 Å². The molecule has 6 nitrogen and oxygen atoms in total. The van der Waals surface area contributed by atoms with E-state index in [4.69, 9.17) is 9.72 Å². The molecule has 0 unspecified atom stereocenters. The molecule has 0 N–H and O–H groups in total. The molecule has 1 saturated heterocycles. The number of hydrogen-bond donors (Lipinski definition) is 0. The van der Waals surface area contributed by atoms with Gasteiger partial charge in [-0.05, 0) is 80.9 Å². The molecule has 1 aromatic heterocycles. The van der Waals surface area contributed by atoms with E-state index in [1.165, 1.54) is 0 Å². The van der Waals surface area contributed by atoms with Crippen LogP contribution in [-0.2, 0) is 6.42 Å². The molecule has 6 rings (SSSR count). The van der Waals surface area contributed by atoms with E-state index >= 15 is 0 Å². The van der Waals surface area contributed by atoms with Gasteiger partial charge in [-0.25, -0.2) is 0 Å². The van der Waals surface area contributed by atoms with Crippen molar-refractivity contribution >= 4 is 28.1 Å². The van der Waals surface area contributed by atoms with Gasteiger partial charge in [0.05, 0.1) is 18.5 Å². The number of methoxy groups -OCH3 is 1. The van der Waals surface area contributed by atoms with E-state index in [1.54, 1.807) is 7.11 Å². The average Bonchev–Trinajstić information content (AvgIpc) is 3.36. The van der Waals surface area contributed by atoms with Crippen molar-refractivity contribution in [3.63, 3.8) is 0 Å². The summed E-state index contributed by atoms with van der Waals surface area (Å²) in [5, 5.41) is 1.99. The van der Waals surface area contributed by atoms with E-state index in [0.29, 0.717) is 24.2 Å². The summed E-state index contributed by atoms with van der Waals surface area (Å²) in [5.74, 6) is 0.914. The van der Waals surface area contributed by atoms with Gasteiger partial charge in [0, 0.05) is 54.2 Å². The third-order valence-corrected chi connectivity index (χ3v) is 8.54. The summed E-state index contributed by atoms with van der Waals surface area (Å²) in [4.78, 5) is 25.7. The van der Waals surface area contributed by atoms with E-state index in [-0.39, 0.29) is 5.91 Å². The second kappa shape index (κ2) is 10.0. The van der Waals surface area contributed by atoms with Crippen molar-refractivity contribution in [2.24, 2.45) is 0 Å². The summed E-state index contributed by atoms with van der Waals surface area (Å²) in [5.41, 5.74) is 6.86. The van der Waals surface area contributed by atoms with Gasteiger partial charge in [0.15, 0.2) is 0 Å². The molecule has 0 saturated carbocycles. The number of carbonyl (C=O) groups excluding carboxylic acids is 1. The number of rotatable bonds is 4. The maximum absolute atomic E-state index is 14.2. The van der Waals surface area contributed by atoms with E-state index in [1.807, 2.05) is 54.3 Å². The van der Waals surface area contributed by atoms with Crippen LogP contribution >= 0.6 is 0 Å². The van der Waals surface area contributed by atoms with Crippen LogP contribution in [0.2, 0.25) is 0 Å². The number of aromatic nitrogens is 1. The molecule has 2 aliphatic heterocycles. The number of piperazine rings is 1. The third-order valence-electron chi connectivity index (χ3n) is 8.54. The van der Waals surface area contributed by atoms with Crippen molar-refractivity contribution in [2.75, 3.05) is 43.6 Å². The summed E-state index contributed by atoms with van der Waals surface area (Å²) < 4.78 is 5.86. The van der Waals surface area contributed by atoms with Crippen molar-refractivity contribution in [2.45, 2.75) is 39.3 Å². The summed E-state index contributed by atoms with van der Waals surface area (Å²) >= 11 is 0. The smallest absolute Gasteiger partial charge is 0.258 e. The molecule has 1 fully saturated rings. The number of aryl methyl sites for hydroxylation is 1. The largest absolute Gasteiger partial charge is 0.495 e. The minimum Gasteiger partial charge on any atom is -0.495 e. The molecule has 2 aliphatic rings. The van der Waals surface area contributed by atoms with Crippen molar-refractivity contribution in [1.82, 2.24) is 9.88 Å². The molecular weight excluding hydrogens is 484 g/mol. The van der Waals surface area contributed by atoms with Gasteiger partial charge in [0.1, 0.15) is 5.75 Å². The molecule has 0 radical (unpaired) electrons. The summed E-state index contributed by atoms with van der Waals surface area (Å²) in [7, 11) is 3.93. The summed E-state index contributed by atoms with van der Waals surface area (Å²) in [6.45, 7) is 9.03. The molecular formula is C33H36N4O2. The number of carbonyl (C=O) groups is 1. The van der Waals surface area contributed by atoms with Crippen LogP contribution in [0, 0.1) is 6.92 Å². The number of pyridine rings is 1. The number of fused-ring (bicyclic) bond motifs is 2. The van der Waals surface area contributed by atoms with Crippen LogP contribution in [0.4, 0.5) is 11.4 Å². The Kier molecular flexibility index (Phi) is 6.51. The fourth-order valence-corrected chi connectivity index (χ4v) is 6.18. The van der Waals surface area contributed by atoms with Crippen molar-refractivity contribution in [3.8, 4) is 17.0 Å². The predicted molar refractivity (Wildman–Crippen MR) is 159 cm³/mol. The number of likely N-dealkylation sites (N-methyl/N-ethyl adjacent to an activating group) is 1. The fraction of sp³-hybridized carbons (Fsp3) is 0.333. The number of amides is 1. The lowest BCUT2D eigenvalue weighted by Gasteiger charge is -2.44. The highest BCUT2D eigenvalue weighted by atomic mass is 16.5. The first kappa shape index (κ1) is 25.4. The zero-order valence-corrected chi connectivity index (χ0v) is 23.4. The maximum atomic E-state index is 14.2. The van der Waals surface area contributed by atoms with Crippen LogP contribution in [-0.4, -0.2) is 61.7 Å². The normalized spacial score (nSPS) is 19.4. The quantitative estimate of drug-likeness (QED) is 0.333. The lowest BCUT2D eigenvalue weighted by molar-refractivity contribution is 0.0991. The van der Waals surface area contributed by atoms with Crippen LogP contribution in [0.1, 0.15) is 35.5 Å². The molecule has 4 aromatic rings. The van der Waals surface area contributed by atoms with Gasteiger partial charge in [-0.3, -0.25) is 14.7 Å². The summed E-state index contributed by atoms with van der Waals surface area (Å²) in [6.07, 6.45) is 0.816. The van der Waals surface area contributed by atoms with E-state index in [2.05, 4.69) is 55.0 Å². The third kappa shape index (κ3) is 4.43. The topological polar surface area (TPSA) is 48.9 Å². The highest BCUT2D eigenvalue weighted by Crippen LogP contribution is 2.41. The van der Waals surface area contributed by atoms with E-state index in [9.17, 15) is 4.79 Å². The lowest BCUT2D eigenvalue weighted by Crippen LogP contribution is -2.55. The fourth-order valence-electron chi connectivity index (χ4n) is 6.18. The van der Waals surface area contributed by atoms with Crippen LogP contribution in [0.15, 0.2) is 66.7 Å². The maximum Gasteiger partial charge on any atom is 0.258 e. The van der Waals surface area contributed by atoms with Gasteiger partial charge in [0.25, 0.3) is 5.91 Å². The molecule has 39 heavy (non-hydrogen) atoms. The Morgan fingerprint density at radius 1 is 0.923 bits per heavy atom. The van der Waals surface area contributed by atoms with Crippen molar-refractivity contribution < 1.29 is 9.53 Å². The first-order chi connectivity index (χ1) is 18.9. The Balaban J connectivity index is 1.39. The molecule has 200 valence electrons. The number of anilines is 2. The van der Waals surface area contributed by atoms with Gasteiger partial charge in [0.2, 0.25) is 0 Å².